The highest BCUT2D eigenvalue weighted by Gasteiger charge is 2.41. The first kappa shape index (κ1) is 21.5. The van der Waals surface area contributed by atoms with Crippen molar-refractivity contribution in [2.75, 3.05) is 13.2 Å². The van der Waals surface area contributed by atoms with Gasteiger partial charge in [-0.05, 0) is 87.3 Å². The zero-order valence-corrected chi connectivity index (χ0v) is 19.4. The number of aryl methyl sites for hydroxylation is 3. The molecule has 3 aromatic rings. The Morgan fingerprint density at radius 1 is 1.10 bits per heavy atom. The Morgan fingerprint density at radius 3 is 2.61 bits per heavy atom. The summed E-state index contributed by atoms with van der Waals surface area (Å²) in [5, 5.41) is 13.7. The van der Waals surface area contributed by atoms with Crippen molar-refractivity contribution in [3.63, 3.8) is 0 Å². The molecule has 2 aromatic heterocycles. The molecule has 3 heterocycles. The van der Waals surface area contributed by atoms with E-state index in [9.17, 15) is 5.11 Å². The quantitative estimate of drug-likeness (QED) is 0.561. The predicted molar refractivity (Wildman–Crippen MR) is 129 cm³/mol. The van der Waals surface area contributed by atoms with E-state index < -0.39 is 0 Å². The molecule has 0 aliphatic carbocycles. The minimum absolute atomic E-state index is 0.0130. The number of thiocarbonyl (C=S) groups is 1. The van der Waals surface area contributed by atoms with Gasteiger partial charge in [0, 0.05) is 36.4 Å². The van der Waals surface area contributed by atoms with Crippen LogP contribution in [0.15, 0.2) is 48.7 Å². The molecule has 5 nitrogen and oxygen atoms in total. The molecular weight excluding hydrogens is 404 g/mol. The van der Waals surface area contributed by atoms with Crippen LogP contribution < -0.4 is 5.32 Å². The third-order valence-corrected chi connectivity index (χ3v) is 6.50. The van der Waals surface area contributed by atoms with Crippen LogP contribution in [0.1, 0.15) is 52.3 Å². The molecule has 6 heteroatoms. The number of aliphatic hydroxyl groups is 1. The second kappa shape index (κ2) is 8.81. The number of benzene rings is 1. The summed E-state index contributed by atoms with van der Waals surface area (Å²) in [6.45, 7) is 9.47. The molecule has 162 valence electrons. The summed E-state index contributed by atoms with van der Waals surface area (Å²) in [7, 11) is 0. The molecule has 0 radical (unpaired) electrons. The lowest BCUT2D eigenvalue weighted by Crippen LogP contribution is -2.31. The van der Waals surface area contributed by atoms with Crippen molar-refractivity contribution in [3.8, 4) is 5.69 Å². The van der Waals surface area contributed by atoms with Crippen molar-refractivity contribution in [1.29, 1.82) is 0 Å². The molecule has 1 aromatic carbocycles. The average molecular weight is 435 g/mol. The highest BCUT2D eigenvalue weighted by Crippen LogP contribution is 2.41. The van der Waals surface area contributed by atoms with E-state index in [1.807, 2.05) is 24.4 Å². The van der Waals surface area contributed by atoms with Crippen LogP contribution in [-0.2, 0) is 0 Å². The van der Waals surface area contributed by atoms with Crippen LogP contribution in [0, 0.1) is 27.7 Å². The van der Waals surface area contributed by atoms with Gasteiger partial charge in [0.05, 0.1) is 17.8 Å². The van der Waals surface area contributed by atoms with Crippen molar-refractivity contribution in [2.24, 2.45) is 0 Å². The zero-order valence-electron chi connectivity index (χ0n) is 18.6. The van der Waals surface area contributed by atoms with Crippen molar-refractivity contribution >= 4 is 17.3 Å². The maximum atomic E-state index is 9.45. The standard InChI is InChI=1S/C25H30N4OS/c1-16-9-10-17(2)22(14-16)29-18(3)15-20(19(29)4)24-23(21-8-5-6-11-26-21)27-25(31)28(24)12-7-13-30/h5-6,8-11,14-15,23-24,30H,7,12-13H2,1-4H3,(H,27,31)/t23-,24-/m1/s1. The van der Waals surface area contributed by atoms with E-state index in [0.29, 0.717) is 18.1 Å². The Morgan fingerprint density at radius 2 is 1.90 bits per heavy atom. The number of rotatable bonds is 6. The number of nitrogens with zero attached hydrogens (tertiary/aromatic N) is 3. The average Bonchev–Trinajstić information content (AvgIpc) is 3.24. The van der Waals surface area contributed by atoms with Crippen LogP contribution in [0.4, 0.5) is 0 Å². The first-order chi connectivity index (χ1) is 14.9. The summed E-state index contributed by atoms with van der Waals surface area (Å²) in [5.74, 6) is 0. The van der Waals surface area contributed by atoms with Gasteiger partial charge >= 0.3 is 0 Å². The molecule has 0 unspecified atom stereocenters. The fraction of sp³-hybridized carbons (Fsp3) is 0.360. The van der Waals surface area contributed by atoms with E-state index in [4.69, 9.17) is 12.2 Å². The molecule has 1 aliphatic heterocycles. The number of pyridine rings is 1. The smallest absolute Gasteiger partial charge is 0.170 e. The molecular formula is C25H30N4OS. The van der Waals surface area contributed by atoms with Crippen LogP contribution in [-0.4, -0.2) is 37.8 Å². The summed E-state index contributed by atoms with van der Waals surface area (Å²) in [4.78, 5) is 6.83. The number of nitrogens with one attached hydrogen (secondary N) is 1. The largest absolute Gasteiger partial charge is 0.396 e. The topological polar surface area (TPSA) is 53.3 Å². The lowest BCUT2D eigenvalue weighted by atomic mass is 9.96. The van der Waals surface area contributed by atoms with Crippen LogP contribution in [0.2, 0.25) is 0 Å². The van der Waals surface area contributed by atoms with Gasteiger partial charge in [-0.2, -0.15) is 0 Å². The second-order valence-corrected chi connectivity index (χ2v) is 8.74. The number of hydrogen-bond donors (Lipinski definition) is 2. The van der Waals surface area contributed by atoms with Gasteiger partial charge in [0.25, 0.3) is 0 Å². The van der Waals surface area contributed by atoms with E-state index in [1.54, 1.807) is 0 Å². The number of aromatic nitrogens is 2. The van der Waals surface area contributed by atoms with E-state index >= 15 is 0 Å². The van der Waals surface area contributed by atoms with Gasteiger partial charge in [0.15, 0.2) is 5.11 Å². The van der Waals surface area contributed by atoms with Gasteiger partial charge in [-0.3, -0.25) is 4.98 Å². The molecule has 2 N–H and O–H groups in total. The Kier molecular flexibility index (Phi) is 6.12. The van der Waals surface area contributed by atoms with Crippen LogP contribution in [0.5, 0.6) is 0 Å². The normalized spacial score (nSPS) is 18.5. The van der Waals surface area contributed by atoms with Crippen molar-refractivity contribution in [2.45, 2.75) is 46.2 Å². The van der Waals surface area contributed by atoms with Crippen molar-refractivity contribution < 1.29 is 5.11 Å². The summed E-state index contributed by atoms with van der Waals surface area (Å²) in [5.41, 5.74) is 8.31. The number of hydrogen-bond acceptors (Lipinski definition) is 3. The minimum atomic E-state index is -0.0417. The molecule has 31 heavy (non-hydrogen) atoms. The predicted octanol–water partition coefficient (Wildman–Crippen LogP) is 4.46. The van der Waals surface area contributed by atoms with Gasteiger partial charge in [-0.25, -0.2) is 0 Å². The van der Waals surface area contributed by atoms with E-state index in [0.717, 1.165) is 5.69 Å². The van der Waals surface area contributed by atoms with Gasteiger partial charge < -0.3 is 19.9 Å². The monoisotopic (exact) mass is 434 g/mol. The first-order valence-electron chi connectivity index (χ1n) is 10.8. The zero-order chi connectivity index (χ0) is 22.1. The van der Waals surface area contributed by atoms with E-state index in [2.05, 4.69) is 71.7 Å². The van der Waals surface area contributed by atoms with Crippen LogP contribution in [0.25, 0.3) is 5.69 Å². The third kappa shape index (κ3) is 3.98. The van der Waals surface area contributed by atoms with Gasteiger partial charge in [-0.15, -0.1) is 0 Å². The molecule has 0 saturated carbocycles. The lowest BCUT2D eigenvalue weighted by molar-refractivity contribution is 0.247. The Labute approximate surface area is 189 Å². The molecule has 4 rings (SSSR count). The Balaban J connectivity index is 1.84. The SMILES string of the molecule is Cc1ccc(C)c(-n2c(C)cc([C@@H]3[C@@H](c4ccccn4)NC(=S)N3CCCO)c2C)c1. The van der Waals surface area contributed by atoms with Crippen molar-refractivity contribution in [1.82, 2.24) is 19.8 Å². The first-order valence-corrected chi connectivity index (χ1v) is 11.2. The highest BCUT2D eigenvalue weighted by molar-refractivity contribution is 7.80. The fourth-order valence-corrected chi connectivity index (χ4v) is 4.98. The molecule has 0 spiro atoms. The molecule has 2 atom stereocenters. The Hall–Kier alpha value is -2.70. The molecule has 1 aliphatic rings. The van der Waals surface area contributed by atoms with Crippen molar-refractivity contribution in [3.05, 3.63) is 82.4 Å². The summed E-state index contributed by atoms with van der Waals surface area (Å²) >= 11 is 5.72. The summed E-state index contributed by atoms with van der Waals surface area (Å²) in [6, 6.07) is 14.8. The van der Waals surface area contributed by atoms with Crippen LogP contribution in [0.3, 0.4) is 0 Å². The molecule has 0 amide bonds. The highest BCUT2D eigenvalue weighted by atomic mass is 32.1. The third-order valence-electron chi connectivity index (χ3n) is 6.15. The van der Waals surface area contributed by atoms with Gasteiger partial charge in [0.1, 0.15) is 0 Å². The molecule has 0 bridgehead atoms. The maximum Gasteiger partial charge on any atom is 0.170 e. The summed E-state index contributed by atoms with van der Waals surface area (Å²) in [6.07, 6.45) is 2.50. The Bertz CT molecular complexity index is 1090. The fourth-order valence-electron chi connectivity index (χ4n) is 4.64. The lowest BCUT2D eigenvalue weighted by Gasteiger charge is -2.28. The maximum absolute atomic E-state index is 9.45. The van der Waals surface area contributed by atoms with Crippen LogP contribution >= 0.6 is 12.2 Å². The van der Waals surface area contributed by atoms with E-state index in [1.165, 1.54) is 33.8 Å². The summed E-state index contributed by atoms with van der Waals surface area (Å²) < 4.78 is 2.35. The van der Waals surface area contributed by atoms with E-state index in [-0.39, 0.29) is 18.7 Å². The molecule has 1 saturated heterocycles. The second-order valence-electron chi connectivity index (χ2n) is 8.35. The minimum Gasteiger partial charge on any atom is -0.396 e. The van der Waals surface area contributed by atoms with Gasteiger partial charge in [0.2, 0.25) is 0 Å². The molecule has 1 fully saturated rings. The van der Waals surface area contributed by atoms with Gasteiger partial charge in [-0.1, -0.05) is 18.2 Å². The number of aliphatic hydroxyl groups excluding tert-OH is 1.